The number of carbonyl (C=O) groups excluding carboxylic acids is 3. The molecule has 1 atom stereocenters. The van der Waals surface area contributed by atoms with Crippen LogP contribution in [0.1, 0.15) is 316 Å². The predicted molar refractivity (Wildman–Crippen MR) is 261 cm³/mol. The molecule has 0 heterocycles. The van der Waals surface area contributed by atoms with Crippen molar-refractivity contribution in [1.29, 1.82) is 0 Å². The molecular weight excluding hydrogens is 757 g/mol. The van der Waals surface area contributed by atoms with E-state index in [4.69, 9.17) is 14.2 Å². The molecule has 0 aliphatic carbocycles. The summed E-state index contributed by atoms with van der Waals surface area (Å²) in [7, 11) is 0. The van der Waals surface area contributed by atoms with Crippen molar-refractivity contribution in [3.8, 4) is 0 Å². The Bertz CT molecular complexity index is 905. The second kappa shape index (κ2) is 51.0. The van der Waals surface area contributed by atoms with Gasteiger partial charge in [-0.3, -0.25) is 14.4 Å². The Morgan fingerprint density at radius 1 is 0.262 bits per heavy atom. The van der Waals surface area contributed by atoms with E-state index in [1.807, 2.05) is 0 Å². The molecule has 0 aliphatic rings. The van der Waals surface area contributed by atoms with Gasteiger partial charge in [0.2, 0.25) is 0 Å². The number of hydrogen-bond acceptors (Lipinski definition) is 6. The normalized spacial score (nSPS) is 11.9. The lowest BCUT2D eigenvalue weighted by molar-refractivity contribution is -0.167. The van der Waals surface area contributed by atoms with Crippen molar-refractivity contribution in [3.63, 3.8) is 0 Å². The third kappa shape index (κ3) is 49.3. The number of rotatable bonds is 51. The summed E-state index contributed by atoms with van der Waals surface area (Å²) >= 11 is 0. The van der Waals surface area contributed by atoms with Gasteiger partial charge in [0.1, 0.15) is 13.2 Å². The summed E-state index contributed by atoms with van der Waals surface area (Å²) in [4.78, 5) is 38.0. The maximum atomic E-state index is 12.8. The van der Waals surface area contributed by atoms with Crippen molar-refractivity contribution >= 4 is 17.9 Å². The van der Waals surface area contributed by atoms with Gasteiger partial charge in [-0.2, -0.15) is 0 Å². The molecule has 0 aromatic heterocycles. The van der Waals surface area contributed by atoms with E-state index in [2.05, 4.69) is 20.8 Å². The zero-order valence-corrected chi connectivity index (χ0v) is 41.5. The van der Waals surface area contributed by atoms with Gasteiger partial charge in [-0.25, -0.2) is 0 Å². The molecule has 0 spiro atoms. The van der Waals surface area contributed by atoms with Gasteiger partial charge in [-0.1, -0.05) is 278 Å². The summed E-state index contributed by atoms with van der Waals surface area (Å²) in [5.41, 5.74) is 0. The van der Waals surface area contributed by atoms with Crippen LogP contribution < -0.4 is 0 Å². The molecule has 362 valence electrons. The van der Waals surface area contributed by atoms with Crippen molar-refractivity contribution in [2.24, 2.45) is 0 Å². The minimum atomic E-state index is -0.760. The van der Waals surface area contributed by atoms with Crippen molar-refractivity contribution < 1.29 is 28.6 Å². The van der Waals surface area contributed by atoms with Gasteiger partial charge in [-0.15, -0.1) is 0 Å². The number of unbranched alkanes of at least 4 members (excludes halogenated alkanes) is 40. The van der Waals surface area contributed by atoms with E-state index in [9.17, 15) is 14.4 Å². The van der Waals surface area contributed by atoms with Gasteiger partial charge in [0, 0.05) is 19.3 Å². The molecule has 0 saturated heterocycles. The maximum Gasteiger partial charge on any atom is 0.306 e. The first kappa shape index (κ1) is 59.4. The van der Waals surface area contributed by atoms with Crippen molar-refractivity contribution in [2.45, 2.75) is 322 Å². The fraction of sp³-hybridized carbons (Fsp3) is 0.945. The minimum absolute atomic E-state index is 0.0613. The molecule has 0 fully saturated rings. The Morgan fingerprint density at radius 2 is 0.443 bits per heavy atom. The van der Waals surface area contributed by atoms with Crippen LogP contribution in [0, 0.1) is 0 Å². The van der Waals surface area contributed by atoms with Crippen LogP contribution in [-0.4, -0.2) is 37.2 Å². The Labute approximate surface area is 380 Å². The quantitative estimate of drug-likeness (QED) is 0.0344. The van der Waals surface area contributed by atoms with Gasteiger partial charge in [0.15, 0.2) is 6.10 Å². The minimum Gasteiger partial charge on any atom is -0.462 e. The lowest BCUT2D eigenvalue weighted by Crippen LogP contribution is -2.30. The summed E-state index contributed by atoms with van der Waals surface area (Å²) < 4.78 is 16.9. The van der Waals surface area contributed by atoms with Gasteiger partial charge < -0.3 is 14.2 Å². The van der Waals surface area contributed by atoms with Crippen molar-refractivity contribution in [3.05, 3.63) is 0 Å². The van der Waals surface area contributed by atoms with Gasteiger partial charge >= 0.3 is 17.9 Å². The highest BCUT2D eigenvalue weighted by molar-refractivity contribution is 5.71. The third-order valence-electron chi connectivity index (χ3n) is 12.6. The second-order valence-corrected chi connectivity index (χ2v) is 18.9. The van der Waals surface area contributed by atoms with Crippen LogP contribution >= 0.6 is 0 Å². The molecule has 0 unspecified atom stereocenters. The molecular formula is C55H106O6. The molecule has 0 aromatic carbocycles. The van der Waals surface area contributed by atoms with Gasteiger partial charge in [0.25, 0.3) is 0 Å². The molecule has 0 radical (unpaired) electrons. The standard InChI is InChI=1S/C55H106O6/c1-4-7-10-13-16-19-22-25-27-30-33-36-39-42-45-48-54(57)60-51-52(50-59-53(56)47-44-41-38-35-32-29-24-21-18-15-12-9-6-3)61-55(58)49-46-43-40-37-34-31-28-26-23-20-17-14-11-8-5-2/h52H,4-51H2,1-3H3/t52-/m1/s1. The molecule has 0 saturated carbocycles. The smallest absolute Gasteiger partial charge is 0.306 e. The summed E-state index contributed by atoms with van der Waals surface area (Å²) in [6.45, 7) is 6.70. The molecule has 0 bridgehead atoms. The second-order valence-electron chi connectivity index (χ2n) is 18.9. The van der Waals surface area contributed by atoms with E-state index >= 15 is 0 Å². The average Bonchev–Trinajstić information content (AvgIpc) is 3.26. The molecule has 0 amide bonds. The van der Waals surface area contributed by atoms with Crippen molar-refractivity contribution in [2.75, 3.05) is 13.2 Å². The SMILES string of the molecule is CCCCCCCCCCCCCCCCCC(=O)OC[C@@H](COC(=O)CCCCCCCCCCCCCCC)OC(=O)CCCCCCCCCCCCCCCCC. The molecule has 0 aromatic rings. The molecule has 6 nitrogen and oxygen atoms in total. The number of hydrogen-bond donors (Lipinski definition) is 0. The zero-order valence-electron chi connectivity index (χ0n) is 41.5. The van der Waals surface area contributed by atoms with Crippen LogP contribution in [0.25, 0.3) is 0 Å². The van der Waals surface area contributed by atoms with Crippen LogP contribution in [0.5, 0.6) is 0 Å². The van der Waals surface area contributed by atoms with E-state index in [1.54, 1.807) is 0 Å². The van der Waals surface area contributed by atoms with Crippen LogP contribution in [-0.2, 0) is 28.6 Å². The highest BCUT2D eigenvalue weighted by atomic mass is 16.6. The Balaban J connectivity index is 4.30. The van der Waals surface area contributed by atoms with Gasteiger partial charge in [-0.05, 0) is 19.3 Å². The van der Waals surface area contributed by atoms with Crippen LogP contribution in [0.3, 0.4) is 0 Å². The summed E-state index contributed by atoms with van der Waals surface area (Å²) in [6.07, 6.45) is 55.1. The average molecular weight is 863 g/mol. The lowest BCUT2D eigenvalue weighted by atomic mass is 10.0. The zero-order chi connectivity index (χ0) is 44.4. The van der Waals surface area contributed by atoms with E-state index in [1.165, 1.54) is 218 Å². The Kier molecular flexibility index (Phi) is 49.7. The number of carbonyl (C=O) groups is 3. The number of ether oxygens (including phenoxy) is 3. The van der Waals surface area contributed by atoms with Crippen LogP contribution in [0.2, 0.25) is 0 Å². The van der Waals surface area contributed by atoms with E-state index in [-0.39, 0.29) is 31.1 Å². The topological polar surface area (TPSA) is 78.9 Å². The lowest BCUT2D eigenvalue weighted by Gasteiger charge is -2.18. The molecule has 61 heavy (non-hydrogen) atoms. The van der Waals surface area contributed by atoms with Crippen LogP contribution in [0.4, 0.5) is 0 Å². The highest BCUT2D eigenvalue weighted by Crippen LogP contribution is 2.17. The largest absolute Gasteiger partial charge is 0.462 e. The first-order chi connectivity index (χ1) is 30.0. The molecule has 0 rings (SSSR count). The fourth-order valence-corrected chi connectivity index (χ4v) is 8.45. The molecule has 6 heteroatoms. The first-order valence-corrected chi connectivity index (χ1v) is 27.5. The highest BCUT2D eigenvalue weighted by Gasteiger charge is 2.19. The first-order valence-electron chi connectivity index (χ1n) is 27.5. The van der Waals surface area contributed by atoms with Crippen LogP contribution in [0.15, 0.2) is 0 Å². The Morgan fingerprint density at radius 3 is 0.656 bits per heavy atom. The third-order valence-corrected chi connectivity index (χ3v) is 12.6. The van der Waals surface area contributed by atoms with E-state index < -0.39 is 6.10 Å². The predicted octanol–water partition coefficient (Wildman–Crippen LogP) is 18.0. The molecule has 0 N–H and O–H groups in total. The van der Waals surface area contributed by atoms with E-state index in [0.717, 1.165) is 57.8 Å². The summed E-state index contributed by atoms with van der Waals surface area (Å²) in [5.74, 6) is -0.835. The maximum absolute atomic E-state index is 12.8. The Hall–Kier alpha value is -1.59. The fourth-order valence-electron chi connectivity index (χ4n) is 8.45. The number of esters is 3. The van der Waals surface area contributed by atoms with Gasteiger partial charge in [0.05, 0.1) is 0 Å². The van der Waals surface area contributed by atoms with Crippen molar-refractivity contribution in [1.82, 2.24) is 0 Å². The summed E-state index contributed by atoms with van der Waals surface area (Å²) in [5, 5.41) is 0. The summed E-state index contributed by atoms with van der Waals surface area (Å²) in [6, 6.07) is 0. The molecule has 0 aliphatic heterocycles. The monoisotopic (exact) mass is 863 g/mol. The van der Waals surface area contributed by atoms with E-state index in [0.29, 0.717) is 19.3 Å².